The first-order valence-corrected chi connectivity index (χ1v) is 7.65. The number of rotatable bonds is 3. The molecule has 2 aliphatic carbocycles. The number of fused-ring (bicyclic) bond motifs is 1. The SMILES string of the molecule is NC(Cc1cc(Br)ccc1F)C1C2CCCCC21. The Hall–Kier alpha value is -0.410. The van der Waals surface area contributed by atoms with E-state index in [1.54, 1.807) is 6.07 Å². The van der Waals surface area contributed by atoms with Gasteiger partial charge in [0.25, 0.3) is 0 Å². The van der Waals surface area contributed by atoms with Gasteiger partial charge < -0.3 is 5.73 Å². The van der Waals surface area contributed by atoms with Crippen molar-refractivity contribution in [1.82, 2.24) is 0 Å². The van der Waals surface area contributed by atoms with E-state index in [2.05, 4.69) is 15.9 Å². The fourth-order valence-electron chi connectivity index (χ4n) is 3.77. The molecule has 3 atom stereocenters. The van der Waals surface area contributed by atoms with Gasteiger partial charge in [-0.05, 0) is 60.8 Å². The average molecular weight is 312 g/mol. The van der Waals surface area contributed by atoms with Crippen LogP contribution in [0.4, 0.5) is 4.39 Å². The second-order valence-electron chi connectivity index (χ2n) is 5.79. The lowest BCUT2D eigenvalue weighted by molar-refractivity contribution is 0.480. The maximum Gasteiger partial charge on any atom is 0.126 e. The van der Waals surface area contributed by atoms with E-state index in [9.17, 15) is 4.39 Å². The Balaban J connectivity index is 1.67. The molecule has 1 aromatic carbocycles. The first-order chi connectivity index (χ1) is 8.66. The first kappa shape index (κ1) is 12.6. The van der Waals surface area contributed by atoms with Crippen molar-refractivity contribution >= 4 is 15.9 Å². The molecule has 0 bridgehead atoms. The number of nitrogens with two attached hydrogens (primary N) is 1. The molecule has 1 aromatic rings. The van der Waals surface area contributed by atoms with Crippen LogP contribution in [0.15, 0.2) is 22.7 Å². The highest BCUT2D eigenvalue weighted by Gasteiger charge is 2.52. The molecular weight excluding hydrogens is 293 g/mol. The summed E-state index contributed by atoms with van der Waals surface area (Å²) in [7, 11) is 0. The molecule has 2 fully saturated rings. The zero-order valence-electron chi connectivity index (χ0n) is 10.4. The van der Waals surface area contributed by atoms with Crippen molar-refractivity contribution in [3.05, 3.63) is 34.1 Å². The molecule has 0 spiro atoms. The lowest BCUT2D eigenvalue weighted by Gasteiger charge is -2.12. The van der Waals surface area contributed by atoms with Gasteiger partial charge in [-0.15, -0.1) is 0 Å². The zero-order valence-corrected chi connectivity index (χ0v) is 12.0. The Morgan fingerprint density at radius 2 is 1.94 bits per heavy atom. The molecule has 0 aliphatic heterocycles. The molecule has 18 heavy (non-hydrogen) atoms. The summed E-state index contributed by atoms with van der Waals surface area (Å²) in [5, 5.41) is 0. The predicted octanol–water partition coefficient (Wildman–Crippen LogP) is 3.89. The van der Waals surface area contributed by atoms with E-state index in [4.69, 9.17) is 5.73 Å². The van der Waals surface area contributed by atoms with Crippen LogP contribution in [0.5, 0.6) is 0 Å². The van der Waals surface area contributed by atoms with E-state index in [0.717, 1.165) is 21.9 Å². The maximum absolute atomic E-state index is 13.7. The van der Waals surface area contributed by atoms with Crippen molar-refractivity contribution in [2.75, 3.05) is 0 Å². The molecule has 0 saturated heterocycles. The third-order valence-electron chi connectivity index (χ3n) is 4.68. The lowest BCUT2D eigenvalue weighted by atomic mass is 10.0. The molecular formula is C15H19BrFN. The third-order valence-corrected chi connectivity index (χ3v) is 5.17. The maximum atomic E-state index is 13.7. The van der Waals surface area contributed by atoms with E-state index in [1.165, 1.54) is 31.7 Å². The summed E-state index contributed by atoms with van der Waals surface area (Å²) >= 11 is 3.39. The quantitative estimate of drug-likeness (QED) is 0.900. The normalized spacial score (nSPS) is 31.8. The van der Waals surface area contributed by atoms with Gasteiger partial charge in [0.05, 0.1) is 0 Å². The summed E-state index contributed by atoms with van der Waals surface area (Å²) in [5.41, 5.74) is 7.06. The molecule has 1 nitrogen and oxygen atoms in total. The summed E-state index contributed by atoms with van der Waals surface area (Å²) in [6.45, 7) is 0. The van der Waals surface area contributed by atoms with E-state index in [-0.39, 0.29) is 11.9 Å². The molecule has 3 unspecified atom stereocenters. The Morgan fingerprint density at radius 1 is 1.28 bits per heavy atom. The third kappa shape index (κ3) is 2.35. The fraction of sp³-hybridized carbons (Fsp3) is 0.600. The Morgan fingerprint density at radius 3 is 2.61 bits per heavy atom. The van der Waals surface area contributed by atoms with Crippen molar-refractivity contribution in [3.8, 4) is 0 Å². The fourth-order valence-corrected chi connectivity index (χ4v) is 4.18. The van der Waals surface area contributed by atoms with Crippen LogP contribution in [0.3, 0.4) is 0 Å². The van der Waals surface area contributed by atoms with E-state index in [1.807, 2.05) is 6.07 Å². The zero-order chi connectivity index (χ0) is 12.7. The largest absolute Gasteiger partial charge is 0.327 e. The Bertz CT molecular complexity index is 436. The van der Waals surface area contributed by atoms with Gasteiger partial charge >= 0.3 is 0 Å². The number of hydrogen-bond acceptors (Lipinski definition) is 1. The first-order valence-electron chi connectivity index (χ1n) is 6.86. The summed E-state index contributed by atoms with van der Waals surface area (Å²) in [6, 6.07) is 5.25. The molecule has 2 saturated carbocycles. The molecule has 0 aromatic heterocycles. The van der Waals surface area contributed by atoms with E-state index < -0.39 is 0 Å². The molecule has 2 N–H and O–H groups in total. The molecule has 0 amide bonds. The van der Waals surface area contributed by atoms with Crippen LogP contribution >= 0.6 is 15.9 Å². The molecule has 3 heteroatoms. The standard InChI is InChI=1S/C15H19BrFN/c16-10-5-6-13(17)9(7-10)8-14(18)15-11-3-1-2-4-12(11)15/h5-7,11-12,14-15H,1-4,8,18H2. The van der Waals surface area contributed by atoms with Crippen molar-refractivity contribution in [1.29, 1.82) is 0 Å². The van der Waals surface area contributed by atoms with E-state index >= 15 is 0 Å². The molecule has 98 valence electrons. The number of halogens is 2. The second-order valence-corrected chi connectivity index (χ2v) is 6.71. The second kappa shape index (κ2) is 4.93. The van der Waals surface area contributed by atoms with Crippen molar-refractivity contribution in [3.63, 3.8) is 0 Å². The predicted molar refractivity (Wildman–Crippen MR) is 74.7 cm³/mol. The number of benzene rings is 1. The van der Waals surface area contributed by atoms with Crippen LogP contribution in [0.2, 0.25) is 0 Å². The monoisotopic (exact) mass is 311 g/mol. The van der Waals surface area contributed by atoms with Crippen LogP contribution in [-0.4, -0.2) is 6.04 Å². The molecule has 2 aliphatic rings. The summed E-state index contributed by atoms with van der Waals surface area (Å²) in [6.07, 6.45) is 6.06. The Labute approximate surface area is 116 Å². The van der Waals surface area contributed by atoms with Crippen LogP contribution in [0.25, 0.3) is 0 Å². The lowest BCUT2D eigenvalue weighted by Crippen LogP contribution is -2.27. The molecule has 3 rings (SSSR count). The van der Waals surface area contributed by atoms with Crippen LogP contribution in [0, 0.1) is 23.6 Å². The minimum atomic E-state index is -0.128. The Kier molecular flexibility index (Phi) is 3.46. The van der Waals surface area contributed by atoms with Gasteiger partial charge in [0.1, 0.15) is 5.82 Å². The van der Waals surface area contributed by atoms with Gasteiger partial charge in [-0.25, -0.2) is 4.39 Å². The van der Waals surface area contributed by atoms with Gasteiger partial charge in [0, 0.05) is 10.5 Å². The minimum Gasteiger partial charge on any atom is -0.327 e. The summed E-state index contributed by atoms with van der Waals surface area (Å²) < 4.78 is 14.6. The summed E-state index contributed by atoms with van der Waals surface area (Å²) in [5.74, 6) is 2.19. The van der Waals surface area contributed by atoms with Crippen molar-refractivity contribution in [2.45, 2.75) is 38.1 Å². The van der Waals surface area contributed by atoms with Gasteiger partial charge in [-0.3, -0.25) is 0 Å². The highest BCUT2D eigenvalue weighted by atomic mass is 79.9. The van der Waals surface area contributed by atoms with Gasteiger partial charge in [0.15, 0.2) is 0 Å². The van der Waals surface area contributed by atoms with Gasteiger partial charge in [-0.1, -0.05) is 28.8 Å². The molecule has 0 heterocycles. The number of hydrogen-bond donors (Lipinski definition) is 1. The smallest absolute Gasteiger partial charge is 0.126 e. The van der Waals surface area contributed by atoms with Crippen molar-refractivity contribution in [2.24, 2.45) is 23.5 Å². The highest BCUT2D eigenvalue weighted by Crippen LogP contribution is 2.56. The van der Waals surface area contributed by atoms with Crippen molar-refractivity contribution < 1.29 is 4.39 Å². The summed E-state index contributed by atoms with van der Waals surface area (Å²) in [4.78, 5) is 0. The minimum absolute atomic E-state index is 0.127. The topological polar surface area (TPSA) is 26.0 Å². The van der Waals surface area contributed by atoms with Crippen LogP contribution in [-0.2, 0) is 6.42 Å². The van der Waals surface area contributed by atoms with E-state index in [0.29, 0.717) is 12.3 Å². The van der Waals surface area contributed by atoms with Gasteiger partial charge in [0.2, 0.25) is 0 Å². The average Bonchev–Trinajstić information content (AvgIpc) is 3.08. The van der Waals surface area contributed by atoms with Gasteiger partial charge in [-0.2, -0.15) is 0 Å². The van der Waals surface area contributed by atoms with Crippen LogP contribution < -0.4 is 5.73 Å². The van der Waals surface area contributed by atoms with Crippen LogP contribution in [0.1, 0.15) is 31.2 Å². The molecule has 0 radical (unpaired) electrons. The highest BCUT2D eigenvalue weighted by molar-refractivity contribution is 9.10.